The van der Waals surface area contributed by atoms with Gasteiger partial charge in [0, 0.05) is 18.7 Å². The summed E-state index contributed by atoms with van der Waals surface area (Å²) in [6, 6.07) is 5.61. The first kappa shape index (κ1) is 18.4. The number of hydrogen-bond acceptors (Lipinski definition) is 5. The van der Waals surface area contributed by atoms with Crippen LogP contribution in [0.15, 0.2) is 28.9 Å². The van der Waals surface area contributed by atoms with Gasteiger partial charge in [-0.2, -0.15) is 4.98 Å². The van der Waals surface area contributed by atoms with Gasteiger partial charge in [-0.15, -0.1) is 0 Å². The molecule has 0 saturated heterocycles. The Kier molecular flexibility index (Phi) is 6.57. The first-order valence-electron chi connectivity index (χ1n) is 9.51. The number of carbonyl (C=O) groups is 1. The second-order valence-corrected chi connectivity index (χ2v) is 6.79. The summed E-state index contributed by atoms with van der Waals surface area (Å²) in [5.41, 5.74) is 0.877. The van der Waals surface area contributed by atoms with Crippen molar-refractivity contribution >= 4 is 6.03 Å². The van der Waals surface area contributed by atoms with Crippen LogP contribution in [0.4, 0.5) is 4.79 Å². The van der Waals surface area contributed by atoms with Crippen molar-refractivity contribution in [3.8, 4) is 0 Å². The predicted molar refractivity (Wildman–Crippen MR) is 97.3 cm³/mol. The fourth-order valence-electron chi connectivity index (χ4n) is 3.23. The Morgan fingerprint density at radius 1 is 1.35 bits per heavy atom. The fourth-order valence-corrected chi connectivity index (χ4v) is 3.23. The Balaban J connectivity index is 1.55. The Labute approximate surface area is 154 Å². The van der Waals surface area contributed by atoms with E-state index in [0.717, 1.165) is 31.4 Å². The lowest BCUT2D eigenvalue weighted by Crippen LogP contribution is -2.40. The molecule has 1 N–H and O–H groups in total. The van der Waals surface area contributed by atoms with Gasteiger partial charge in [0.25, 0.3) is 0 Å². The summed E-state index contributed by atoms with van der Waals surface area (Å²) in [5, 5.41) is 6.91. The normalized spacial score (nSPS) is 14.5. The number of nitrogens with zero attached hydrogens (tertiary/aromatic N) is 4. The standard InChI is InChI=1S/C19H27N5O2/c1-2-3-12-24(14-16-10-6-7-11-20-16)19(25)21-13-17-22-18(26-23-17)15-8-4-5-9-15/h6-7,10-11,15H,2-5,8-9,12-14H2,1H3,(H,21,25). The molecule has 7 nitrogen and oxygen atoms in total. The number of aromatic nitrogens is 3. The van der Waals surface area contributed by atoms with Crippen molar-refractivity contribution in [1.29, 1.82) is 0 Å². The van der Waals surface area contributed by atoms with Crippen LogP contribution in [0.5, 0.6) is 0 Å². The molecular weight excluding hydrogens is 330 g/mol. The lowest BCUT2D eigenvalue weighted by Gasteiger charge is -2.22. The molecule has 0 spiro atoms. The van der Waals surface area contributed by atoms with Gasteiger partial charge >= 0.3 is 6.03 Å². The minimum Gasteiger partial charge on any atom is -0.339 e. The molecule has 0 bridgehead atoms. The zero-order chi connectivity index (χ0) is 18.2. The van der Waals surface area contributed by atoms with Crippen molar-refractivity contribution in [2.45, 2.75) is 64.5 Å². The Morgan fingerprint density at radius 2 is 2.19 bits per heavy atom. The molecule has 0 atom stereocenters. The second-order valence-electron chi connectivity index (χ2n) is 6.79. The smallest absolute Gasteiger partial charge is 0.318 e. The lowest BCUT2D eigenvalue weighted by atomic mass is 10.1. The minimum absolute atomic E-state index is 0.128. The Bertz CT molecular complexity index is 682. The van der Waals surface area contributed by atoms with Gasteiger partial charge in [0.15, 0.2) is 5.82 Å². The maximum absolute atomic E-state index is 12.6. The number of rotatable bonds is 8. The molecule has 1 aliphatic rings. The van der Waals surface area contributed by atoms with Gasteiger partial charge < -0.3 is 14.7 Å². The quantitative estimate of drug-likeness (QED) is 0.780. The molecule has 2 aromatic rings. The third-order valence-corrected chi connectivity index (χ3v) is 4.73. The number of unbranched alkanes of at least 4 members (excludes halogenated alkanes) is 1. The molecular formula is C19H27N5O2. The van der Waals surface area contributed by atoms with E-state index in [0.29, 0.717) is 30.7 Å². The van der Waals surface area contributed by atoms with Crippen molar-refractivity contribution in [3.05, 3.63) is 41.8 Å². The summed E-state index contributed by atoms with van der Waals surface area (Å²) >= 11 is 0. The lowest BCUT2D eigenvalue weighted by molar-refractivity contribution is 0.192. The topological polar surface area (TPSA) is 84.2 Å². The van der Waals surface area contributed by atoms with Crippen LogP contribution in [0, 0.1) is 0 Å². The highest BCUT2D eigenvalue weighted by Crippen LogP contribution is 2.32. The van der Waals surface area contributed by atoms with Gasteiger partial charge in [0.1, 0.15) is 0 Å². The van der Waals surface area contributed by atoms with Crippen LogP contribution in [-0.2, 0) is 13.1 Å². The minimum atomic E-state index is -0.128. The van der Waals surface area contributed by atoms with E-state index in [1.54, 1.807) is 11.1 Å². The molecule has 140 valence electrons. The molecule has 1 aliphatic carbocycles. The summed E-state index contributed by atoms with van der Waals surface area (Å²) < 4.78 is 5.37. The van der Waals surface area contributed by atoms with Crippen molar-refractivity contribution in [2.24, 2.45) is 0 Å². The maximum Gasteiger partial charge on any atom is 0.318 e. The highest BCUT2D eigenvalue weighted by Gasteiger charge is 2.23. The zero-order valence-electron chi connectivity index (χ0n) is 15.4. The average Bonchev–Trinajstić information content (AvgIpc) is 3.35. The molecule has 1 fully saturated rings. The molecule has 2 aromatic heterocycles. The van der Waals surface area contributed by atoms with Gasteiger partial charge in [-0.1, -0.05) is 37.4 Å². The Hall–Kier alpha value is -2.44. The average molecular weight is 357 g/mol. The summed E-state index contributed by atoms with van der Waals surface area (Å²) in [6.07, 6.45) is 8.40. The molecule has 0 radical (unpaired) electrons. The Morgan fingerprint density at radius 3 is 2.92 bits per heavy atom. The third kappa shape index (κ3) is 5.03. The second kappa shape index (κ2) is 9.31. The fraction of sp³-hybridized carbons (Fsp3) is 0.579. The van der Waals surface area contributed by atoms with E-state index in [2.05, 4.69) is 27.4 Å². The third-order valence-electron chi connectivity index (χ3n) is 4.73. The van der Waals surface area contributed by atoms with E-state index in [4.69, 9.17) is 4.52 Å². The van der Waals surface area contributed by atoms with E-state index >= 15 is 0 Å². The summed E-state index contributed by atoms with van der Waals surface area (Å²) in [7, 11) is 0. The molecule has 0 aliphatic heterocycles. The van der Waals surface area contributed by atoms with Crippen LogP contribution in [0.1, 0.15) is 68.8 Å². The predicted octanol–water partition coefficient (Wildman–Crippen LogP) is 3.63. The van der Waals surface area contributed by atoms with E-state index in [9.17, 15) is 4.79 Å². The van der Waals surface area contributed by atoms with Crippen molar-refractivity contribution in [3.63, 3.8) is 0 Å². The molecule has 3 rings (SSSR count). The van der Waals surface area contributed by atoms with Gasteiger partial charge in [-0.25, -0.2) is 4.79 Å². The van der Waals surface area contributed by atoms with Gasteiger partial charge in [0.2, 0.25) is 5.89 Å². The largest absolute Gasteiger partial charge is 0.339 e. The number of carbonyl (C=O) groups excluding carboxylic acids is 1. The monoisotopic (exact) mass is 357 g/mol. The molecule has 2 amide bonds. The SMILES string of the molecule is CCCCN(Cc1ccccn1)C(=O)NCc1noc(C2CCCC2)n1. The van der Waals surface area contributed by atoms with Crippen molar-refractivity contribution < 1.29 is 9.32 Å². The van der Waals surface area contributed by atoms with Crippen LogP contribution >= 0.6 is 0 Å². The van der Waals surface area contributed by atoms with Crippen molar-refractivity contribution in [1.82, 2.24) is 25.3 Å². The van der Waals surface area contributed by atoms with Crippen LogP contribution in [-0.4, -0.2) is 32.6 Å². The van der Waals surface area contributed by atoms with Crippen LogP contribution in [0.3, 0.4) is 0 Å². The van der Waals surface area contributed by atoms with Gasteiger partial charge in [0.05, 0.1) is 18.8 Å². The highest BCUT2D eigenvalue weighted by molar-refractivity contribution is 5.74. The number of hydrogen-bond donors (Lipinski definition) is 1. The van der Waals surface area contributed by atoms with E-state index in [1.807, 2.05) is 18.2 Å². The molecule has 7 heteroatoms. The molecule has 0 unspecified atom stereocenters. The molecule has 26 heavy (non-hydrogen) atoms. The van der Waals surface area contributed by atoms with Crippen LogP contribution < -0.4 is 5.32 Å². The van der Waals surface area contributed by atoms with Gasteiger partial charge in [-0.3, -0.25) is 4.98 Å². The number of pyridine rings is 1. The van der Waals surface area contributed by atoms with Crippen molar-refractivity contribution in [2.75, 3.05) is 6.54 Å². The van der Waals surface area contributed by atoms with Gasteiger partial charge in [-0.05, 0) is 31.4 Å². The maximum atomic E-state index is 12.6. The molecule has 2 heterocycles. The van der Waals surface area contributed by atoms with Crippen LogP contribution in [0.2, 0.25) is 0 Å². The van der Waals surface area contributed by atoms with E-state index in [1.165, 1.54) is 12.8 Å². The highest BCUT2D eigenvalue weighted by atomic mass is 16.5. The number of nitrogens with one attached hydrogen (secondary N) is 1. The van der Waals surface area contributed by atoms with E-state index in [-0.39, 0.29) is 12.6 Å². The first-order valence-corrected chi connectivity index (χ1v) is 9.51. The number of amides is 2. The summed E-state index contributed by atoms with van der Waals surface area (Å²) in [4.78, 5) is 23.1. The van der Waals surface area contributed by atoms with Crippen LogP contribution in [0.25, 0.3) is 0 Å². The van der Waals surface area contributed by atoms with E-state index < -0.39 is 0 Å². The zero-order valence-corrected chi connectivity index (χ0v) is 15.4. The molecule has 0 aromatic carbocycles. The summed E-state index contributed by atoms with van der Waals surface area (Å²) in [5.74, 6) is 1.63. The number of urea groups is 1. The molecule has 1 saturated carbocycles. The summed E-state index contributed by atoms with van der Waals surface area (Å²) in [6.45, 7) is 3.57. The first-order chi connectivity index (χ1) is 12.8.